The fraction of sp³-hybridized carbons (Fsp3) is 0.682. The highest BCUT2D eigenvalue weighted by molar-refractivity contribution is 5.76. The van der Waals surface area contributed by atoms with Crippen LogP contribution >= 0.6 is 0 Å². The van der Waals surface area contributed by atoms with Gasteiger partial charge in [-0.15, -0.1) is 0 Å². The fourth-order valence-electron chi connectivity index (χ4n) is 5.79. The number of carbonyl (C=O) groups is 1. The van der Waals surface area contributed by atoms with Gasteiger partial charge >= 0.3 is 0 Å². The van der Waals surface area contributed by atoms with Crippen LogP contribution in [-0.2, 0) is 11.3 Å². The third-order valence-electron chi connectivity index (χ3n) is 7.53. The zero-order valence-corrected chi connectivity index (χ0v) is 17.0. The second-order valence-electron chi connectivity index (χ2n) is 9.29. The Bertz CT molecular complexity index is 740. The maximum absolute atomic E-state index is 13.3. The van der Waals surface area contributed by atoms with Crippen molar-refractivity contribution in [1.82, 2.24) is 5.32 Å². The van der Waals surface area contributed by atoms with E-state index in [0.717, 1.165) is 6.07 Å². The number of hydrogen-bond donors (Lipinski definition) is 4. The Labute approximate surface area is 170 Å². The van der Waals surface area contributed by atoms with Crippen molar-refractivity contribution in [3.63, 3.8) is 0 Å². The molecule has 0 bridgehead atoms. The van der Waals surface area contributed by atoms with Gasteiger partial charge in [0.2, 0.25) is 5.91 Å². The third kappa shape index (κ3) is 4.18. The van der Waals surface area contributed by atoms with Gasteiger partial charge in [-0.25, -0.2) is 8.78 Å². The smallest absolute Gasteiger partial charge is 0.220 e. The van der Waals surface area contributed by atoms with Crippen LogP contribution in [0.4, 0.5) is 8.78 Å². The lowest BCUT2D eigenvalue weighted by molar-refractivity contribution is -0.185. The number of amides is 1. The minimum absolute atomic E-state index is 0.00351. The van der Waals surface area contributed by atoms with E-state index >= 15 is 0 Å². The SMILES string of the molecule is CC1(CO)C(O)CCC2(C)C(CC(=O)NCc3cc(F)cc(F)c3)C(O)CCC12. The van der Waals surface area contributed by atoms with Gasteiger partial charge in [0, 0.05) is 24.4 Å². The zero-order chi connectivity index (χ0) is 21.4. The van der Waals surface area contributed by atoms with E-state index in [1.807, 2.05) is 13.8 Å². The maximum atomic E-state index is 13.3. The molecule has 5 nitrogen and oxygen atoms in total. The molecule has 0 spiro atoms. The summed E-state index contributed by atoms with van der Waals surface area (Å²) in [5.41, 5.74) is -0.727. The molecule has 0 radical (unpaired) electrons. The van der Waals surface area contributed by atoms with Crippen molar-refractivity contribution >= 4 is 5.91 Å². The first-order valence-corrected chi connectivity index (χ1v) is 10.3. The van der Waals surface area contributed by atoms with E-state index in [2.05, 4.69) is 5.32 Å². The molecule has 2 fully saturated rings. The average molecular weight is 411 g/mol. The number of rotatable bonds is 5. The predicted molar refractivity (Wildman–Crippen MR) is 104 cm³/mol. The van der Waals surface area contributed by atoms with Gasteiger partial charge in [0.15, 0.2) is 0 Å². The molecule has 6 unspecified atom stereocenters. The average Bonchev–Trinajstić information content (AvgIpc) is 2.66. The first kappa shape index (κ1) is 22.1. The molecule has 0 aliphatic heterocycles. The molecule has 1 aromatic carbocycles. The van der Waals surface area contributed by atoms with Crippen LogP contribution in [0.3, 0.4) is 0 Å². The number of benzene rings is 1. The van der Waals surface area contributed by atoms with Crippen molar-refractivity contribution in [2.45, 2.75) is 64.7 Å². The van der Waals surface area contributed by atoms with Crippen molar-refractivity contribution < 1.29 is 28.9 Å². The lowest BCUT2D eigenvalue weighted by Crippen LogP contribution is -2.60. The quantitative estimate of drug-likeness (QED) is 0.599. The van der Waals surface area contributed by atoms with Crippen LogP contribution in [0.25, 0.3) is 0 Å². The van der Waals surface area contributed by atoms with Crippen molar-refractivity contribution in [2.24, 2.45) is 22.7 Å². The Morgan fingerprint density at radius 3 is 2.41 bits per heavy atom. The summed E-state index contributed by atoms with van der Waals surface area (Å²) in [5, 5.41) is 33.9. The van der Waals surface area contributed by atoms with Gasteiger partial charge in [0.05, 0.1) is 18.8 Å². The molecule has 0 heterocycles. The topological polar surface area (TPSA) is 89.8 Å². The van der Waals surface area contributed by atoms with Gasteiger partial charge in [-0.1, -0.05) is 13.8 Å². The van der Waals surface area contributed by atoms with Crippen molar-refractivity contribution in [3.05, 3.63) is 35.4 Å². The second kappa shape index (κ2) is 8.28. The summed E-state index contributed by atoms with van der Waals surface area (Å²) in [6.45, 7) is 3.78. The first-order chi connectivity index (χ1) is 13.6. The molecule has 2 aliphatic rings. The Balaban J connectivity index is 1.72. The number of hydrogen-bond acceptors (Lipinski definition) is 4. The third-order valence-corrected chi connectivity index (χ3v) is 7.53. The number of nitrogens with one attached hydrogen (secondary N) is 1. The summed E-state index contributed by atoms with van der Waals surface area (Å²) >= 11 is 0. The van der Waals surface area contributed by atoms with E-state index in [1.54, 1.807) is 0 Å². The zero-order valence-electron chi connectivity index (χ0n) is 17.0. The van der Waals surface area contributed by atoms with Crippen LogP contribution in [-0.4, -0.2) is 40.0 Å². The van der Waals surface area contributed by atoms with E-state index < -0.39 is 34.7 Å². The van der Waals surface area contributed by atoms with Crippen LogP contribution in [0.15, 0.2) is 18.2 Å². The summed E-state index contributed by atoms with van der Waals surface area (Å²) in [5.74, 6) is -2.02. The van der Waals surface area contributed by atoms with Crippen molar-refractivity contribution in [2.75, 3.05) is 6.61 Å². The lowest BCUT2D eigenvalue weighted by Gasteiger charge is -2.60. The minimum atomic E-state index is -0.698. The van der Waals surface area contributed by atoms with Gasteiger partial charge in [-0.05, 0) is 60.6 Å². The molecule has 4 N–H and O–H groups in total. The fourth-order valence-corrected chi connectivity index (χ4v) is 5.79. The van der Waals surface area contributed by atoms with Crippen LogP contribution < -0.4 is 5.32 Å². The number of aliphatic hydroxyl groups is 3. The molecular formula is C22H31F2NO4. The molecule has 2 saturated carbocycles. The Hall–Kier alpha value is -1.57. The molecule has 29 heavy (non-hydrogen) atoms. The van der Waals surface area contributed by atoms with Crippen LogP contribution in [0.2, 0.25) is 0 Å². The molecule has 7 heteroatoms. The molecule has 1 amide bonds. The predicted octanol–water partition coefficient (Wildman–Crippen LogP) is 2.52. The Kier molecular flexibility index (Phi) is 6.32. The molecule has 3 rings (SSSR count). The van der Waals surface area contributed by atoms with Gasteiger partial charge in [-0.2, -0.15) is 0 Å². The summed E-state index contributed by atoms with van der Waals surface area (Å²) in [6, 6.07) is 3.12. The molecule has 6 atom stereocenters. The first-order valence-electron chi connectivity index (χ1n) is 10.3. The molecule has 1 aromatic rings. The molecule has 0 aromatic heterocycles. The highest BCUT2D eigenvalue weighted by Crippen LogP contribution is 2.60. The summed E-state index contributed by atoms with van der Waals surface area (Å²) < 4.78 is 26.6. The van der Waals surface area contributed by atoms with E-state index in [9.17, 15) is 28.9 Å². The van der Waals surface area contributed by atoms with Crippen LogP contribution in [0.1, 0.15) is 51.5 Å². The van der Waals surface area contributed by atoms with E-state index in [0.29, 0.717) is 31.2 Å². The Morgan fingerprint density at radius 2 is 1.79 bits per heavy atom. The van der Waals surface area contributed by atoms with Gasteiger partial charge < -0.3 is 20.6 Å². The van der Waals surface area contributed by atoms with Crippen molar-refractivity contribution in [3.8, 4) is 0 Å². The molecular weight excluding hydrogens is 380 g/mol. The normalized spacial score (nSPS) is 37.1. The highest BCUT2D eigenvalue weighted by Gasteiger charge is 2.58. The van der Waals surface area contributed by atoms with Gasteiger partial charge in [0.1, 0.15) is 11.6 Å². The van der Waals surface area contributed by atoms with E-state index in [-0.39, 0.29) is 37.3 Å². The van der Waals surface area contributed by atoms with Crippen molar-refractivity contribution in [1.29, 1.82) is 0 Å². The van der Waals surface area contributed by atoms with Crippen LogP contribution in [0.5, 0.6) is 0 Å². The van der Waals surface area contributed by atoms with E-state index in [1.165, 1.54) is 12.1 Å². The number of aliphatic hydroxyl groups excluding tert-OH is 3. The summed E-state index contributed by atoms with van der Waals surface area (Å²) in [6.07, 6.45) is 1.20. The molecule has 2 aliphatic carbocycles. The van der Waals surface area contributed by atoms with Crippen LogP contribution in [0, 0.1) is 34.3 Å². The summed E-state index contributed by atoms with van der Waals surface area (Å²) in [7, 11) is 0. The Morgan fingerprint density at radius 1 is 1.14 bits per heavy atom. The van der Waals surface area contributed by atoms with Gasteiger partial charge in [0.25, 0.3) is 0 Å². The number of carbonyl (C=O) groups excluding carboxylic acids is 1. The molecule has 162 valence electrons. The highest BCUT2D eigenvalue weighted by atomic mass is 19.1. The largest absolute Gasteiger partial charge is 0.396 e. The van der Waals surface area contributed by atoms with Gasteiger partial charge in [-0.3, -0.25) is 4.79 Å². The minimum Gasteiger partial charge on any atom is -0.396 e. The monoisotopic (exact) mass is 411 g/mol. The maximum Gasteiger partial charge on any atom is 0.220 e. The second-order valence-corrected chi connectivity index (χ2v) is 9.29. The summed E-state index contributed by atoms with van der Waals surface area (Å²) in [4.78, 5) is 12.6. The lowest BCUT2D eigenvalue weighted by atomic mass is 9.46. The number of fused-ring (bicyclic) bond motifs is 1. The standard InChI is InChI=1S/C22H31F2NO4/c1-21-6-5-19(28)22(2,12-26)18(21)4-3-17(27)16(21)10-20(29)25-11-13-7-14(23)9-15(24)8-13/h7-9,16-19,26-28H,3-6,10-12H2,1-2H3,(H,25,29). The molecule has 0 saturated heterocycles. The number of halogens is 2. The van der Waals surface area contributed by atoms with E-state index in [4.69, 9.17) is 0 Å².